The zero-order valence-corrected chi connectivity index (χ0v) is 14.1. The third-order valence-electron chi connectivity index (χ3n) is 4.07. The first-order chi connectivity index (χ1) is 10.4. The van der Waals surface area contributed by atoms with Gasteiger partial charge >= 0.3 is 0 Å². The van der Waals surface area contributed by atoms with Crippen LogP contribution in [0.2, 0.25) is 0 Å². The van der Waals surface area contributed by atoms with E-state index in [1.807, 2.05) is 38.1 Å². The van der Waals surface area contributed by atoms with Crippen molar-refractivity contribution in [2.24, 2.45) is 0 Å². The number of carbonyl (C=O) groups excluding carboxylic acids is 1. The van der Waals surface area contributed by atoms with Crippen LogP contribution in [0, 0.1) is 0 Å². The topological polar surface area (TPSA) is 57.7 Å². The van der Waals surface area contributed by atoms with Gasteiger partial charge in [-0.15, -0.1) is 0 Å². The van der Waals surface area contributed by atoms with Crippen molar-refractivity contribution in [2.75, 3.05) is 37.7 Å². The third-order valence-corrected chi connectivity index (χ3v) is 5.68. The monoisotopic (exact) mass is 324 g/mol. The zero-order chi connectivity index (χ0) is 16.2. The van der Waals surface area contributed by atoms with E-state index >= 15 is 0 Å². The van der Waals surface area contributed by atoms with Crippen LogP contribution >= 0.6 is 0 Å². The minimum atomic E-state index is -2.85. The van der Waals surface area contributed by atoms with Gasteiger partial charge in [-0.1, -0.05) is 12.1 Å². The Morgan fingerprint density at radius 2 is 1.82 bits per heavy atom. The second-order valence-corrected chi connectivity index (χ2v) is 7.91. The van der Waals surface area contributed by atoms with Gasteiger partial charge in [-0.25, -0.2) is 8.42 Å². The third kappa shape index (κ3) is 4.30. The van der Waals surface area contributed by atoms with E-state index < -0.39 is 9.84 Å². The van der Waals surface area contributed by atoms with Crippen LogP contribution in [0.25, 0.3) is 0 Å². The molecule has 0 atom stereocenters. The maximum Gasteiger partial charge on any atom is 0.253 e. The molecule has 0 spiro atoms. The fraction of sp³-hybridized carbons (Fsp3) is 0.562. The van der Waals surface area contributed by atoms with Crippen molar-refractivity contribution in [1.82, 2.24) is 9.80 Å². The zero-order valence-electron chi connectivity index (χ0n) is 13.3. The van der Waals surface area contributed by atoms with Crippen molar-refractivity contribution < 1.29 is 13.2 Å². The first kappa shape index (κ1) is 17.0. The molecule has 1 saturated heterocycles. The summed E-state index contributed by atoms with van der Waals surface area (Å²) in [6.07, 6.45) is 0. The number of amides is 1. The molecule has 6 heteroatoms. The van der Waals surface area contributed by atoms with Crippen LogP contribution in [0.5, 0.6) is 0 Å². The SMILES string of the molecule is CCN(CC)C(=O)c1cccc(CN2CCS(=O)(=O)CC2)c1. The second kappa shape index (κ2) is 7.24. The molecule has 1 aromatic carbocycles. The number of benzene rings is 1. The quantitative estimate of drug-likeness (QED) is 0.821. The van der Waals surface area contributed by atoms with E-state index in [9.17, 15) is 13.2 Å². The Balaban J connectivity index is 2.04. The molecule has 0 bridgehead atoms. The normalized spacial score (nSPS) is 18.1. The lowest BCUT2D eigenvalue weighted by atomic mass is 10.1. The smallest absolute Gasteiger partial charge is 0.253 e. The molecule has 0 unspecified atom stereocenters. The van der Waals surface area contributed by atoms with Gasteiger partial charge in [0.05, 0.1) is 11.5 Å². The molecular formula is C16H24N2O3S. The number of hydrogen-bond donors (Lipinski definition) is 0. The van der Waals surface area contributed by atoms with E-state index in [1.165, 1.54) is 0 Å². The van der Waals surface area contributed by atoms with Gasteiger partial charge in [-0.3, -0.25) is 9.69 Å². The van der Waals surface area contributed by atoms with Crippen molar-refractivity contribution >= 4 is 15.7 Å². The molecule has 1 fully saturated rings. The highest BCUT2D eigenvalue weighted by Gasteiger charge is 2.21. The Labute approximate surface area is 132 Å². The van der Waals surface area contributed by atoms with Crippen LogP contribution in [0.1, 0.15) is 29.8 Å². The van der Waals surface area contributed by atoms with E-state index in [0.717, 1.165) is 5.56 Å². The molecule has 0 saturated carbocycles. The van der Waals surface area contributed by atoms with Gasteiger partial charge in [-0.2, -0.15) is 0 Å². The molecule has 0 aromatic heterocycles. The predicted octanol–water partition coefficient (Wildman–Crippen LogP) is 1.40. The largest absolute Gasteiger partial charge is 0.339 e. The van der Waals surface area contributed by atoms with Gasteiger partial charge in [0.25, 0.3) is 5.91 Å². The molecule has 1 heterocycles. The van der Waals surface area contributed by atoms with Crippen LogP contribution in [0.15, 0.2) is 24.3 Å². The highest BCUT2D eigenvalue weighted by Crippen LogP contribution is 2.13. The van der Waals surface area contributed by atoms with Crippen LogP contribution in [-0.2, 0) is 16.4 Å². The summed E-state index contributed by atoms with van der Waals surface area (Å²) in [5.41, 5.74) is 1.75. The lowest BCUT2D eigenvalue weighted by Gasteiger charge is -2.26. The van der Waals surface area contributed by atoms with Gasteiger partial charge in [0.2, 0.25) is 0 Å². The van der Waals surface area contributed by atoms with Crippen molar-refractivity contribution in [3.05, 3.63) is 35.4 Å². The molecule has 1 aromatic rings. The van der Waals surface area contributed by atoms with Crippen molar-refractivity contribution in [3.63, 3.8) is 0 Å². The van der Waals surface area contributed by atoms with Crippen molar-refractivity contribution in [2.45, 2.75) is 20.4 Å². The summed E-state index contributed by atoms with van der Waals surface area (Å²) in [6, 6.07) is 7.64. The highest BCUT2D eigenvalue weighted by molar-refractivity contribution is 7.91. The van der Waals surface area contributed by atoms with Crippen LogP contribution in [0.4, 0.5) is 0 Å². The number of nitrogens with zero attached hydrogens (tertiary/aromatic N) is 2. The summed E-state index contributed by atoms with van der Waals surface area (Å²) in [6.45, 7) is 7.16. The molecule has 0 radical (unpaired) electrons. The Morgan fingerprint density at radius 1 is 1.18 bits per heavy atom. The van der Waals surface area contributed by atoms with Crippen molar-refractivity contribution in [3.8, 4) is 0 Å². The first-order valence-corrected chi connectivity index (χ1v) is 9.58. The molecular weight excluding hydrogens is 300 g/mol. The number of rotatable bonds is 5. The highest BCUT2D eigenvalue weighted by atomic mass is 32.2. The summed E-state index contributed by atoms with van der Waals surface area (Å²) in [7, 11) is -2.85. The second-order valence-electron chi connectivity index (χ2n) is 5.61. The number of sulfone groups is 1. The molecule has 0 aliphatic carbocycles. The molecule has 1 aliphatic heterocycles. The average Bonchev–Trinajstić information content (AvgIpc) is 2.51. The fourth-order valence-electron chi connectivity index (χ4n) is 2.66. The van der Waals surface area contributed by atoms with E-state index in [1.54, 1.807) is 4.90 Å². The summed E-state index contributed by atoms with van der Waals surface area (Å²) >= 11 is 0. The van der Waals surface area contributed by atoms with E-state index in [0.29, 0.717) is 38.3 Å². The summed E-state index contributed by atoms with van der Waals surface area (Å²) < 4.78 is 22.9. The first-order valence-electron chi connectivity index (χ1n) is 7.76. The molecule has 122 valence electrons. The van der Waals surface area contributed by atoms with Crippen LogP contribution < -0.4 is 0 Å². The summed E-state index contributed by atoms with van der Waals surface area (Å²) in [4.78, 5) is 16.3. The number of carbonyl (C=O) groups is 1. The minimum Gasteiger partial charge on any atom is -0.339 e. The van der Waals surface area contributed by atoms with Gasteiger partial charge < -0.3 is 4.90 Å². The van der Waals surface area contributed by atoms with E-state index in [4.69, 9.17) is 0 Å². The Morgan fingerprint density at radius 3 is 2.41 bits per heavy atom. The maximum atomic E-state index is 12.4. The molecule has 1 aliphatic rings. The lowest BCUT2D eigenvalue weighted by Crippen LogP contribution is -2.39. The predicted molar refractivity (Wildman–Crippen MR) is 87.6 cm³/mol. The standard InChI is InChI=1S/C16H24N2O3S/c1-3-18(4-2)16(19)15-7-5-6-14(12-15)13-17-8-10-22(20,21)11-9-17/h5-7,12H,3-4,8-11,13H2,1-2H3. The molecule has 1 amide bonds. The van der Waals surface area contributed by atoms with Crippen LogP contribution in [0.3, 0.4) is 0 Å². The van der Waals surface area contributed by atoms with Gasteiger partial charge in [0.15, 0.2) is 9.84 Å². The fourth-order valence-corrected chi connectivity index (χ4v) is 3.94. The molecule has 0 N–H and O–H groups in total. The Bertz CT molecular complexity index is 610. The van der Waals surface area contributed by atoms with E-state index in [2.05, 4.69) is 4.90 Å². The molecule has 5 nitrogen and oxygen atoms in total. The van der Waals surface area contributed by atoms with Gasteiger partial charge in [0, 0.05) is 38.3 Å². The minimum absolute atomic E-state index is 0.0491. The molecule has 22 heavy (non-hydrogen) atoms. The Kier molecular flexibility index (Phi) is 5.58. The Hall–Kier alpha value is -1.40. The summed E-state index contributed by atoms with van der Waals surface area (Å²) in [5, 5.41) is 0. The van der Waals surface area contributed by atoms with Gasteiger partial charge in [0.1, 0.15) is 0 Å². The van der Waals surface area contributed by atoms with Gasteiger partial charge in [-0.05, 0) is 31.5 Å². The number of hydrogen-bond acceptors (Lipinski definition) is 4. The maximum absolute atomic E-state index is 12.4. The molecule has 2 rings (SSSR count). The average molecular weight is 324 g/mol. The lowest BCUT2D eigenvalue weighted by molar-refractivity contribution is 0.0773. The van der Waals surface area contributed by atoms with E-state index in [-0.39, 0.29) is 17.4 Å². The van der Waals surface area contributed by atoms with Crippen molar-refractivity contribution in [1.29, 1.82) is 0 Å². The van der Waals surface area contributed by atoms with Crippen LogP contribution in [-0.4, -0.2) is 61.8 Å². The summed E-state index contributed by atoms with van der Waals surface area (Å²) in [5.74, 6) is 0.504.